The summed E-state index contributed by atoms with van der Waals surface area (Å²) in [5, 5.41) is 0. The minimum Gasteiger partial charge on any atom is -0.492 e. The molecule has 1 aromatic carbocycles. The molecule has 0 amide bonds. The molecule has 0 N–H and O–H groups in total. The Bertz CT molecular complexity index is 856. The molecule has 0 spiro atoms. The van der Waals surface area contributed by atoms with Gasteiger partial charge in [0.15, 0.2) is 0 Å². The number of ether oxygens (including phenoxy) is 3. The van der Waals surface area contributed by atoms with Crippen LogP contribution in [0.15, 0.2) is 53.9 Å². The first-order chi connectivity index (χ1) is 13.2. The van der Waals surface area contributed by atoms with Crippen molar-refractivity contribution in [1.29, 1.82) is 0 Å². The number of alkyl halides is 3. The predicted molar refractivity (Wildman–Crippen MR) is 94.4 cm³/mol. The molecule has 1 aromatic rings. The van der Waals surface area contributed by atoms with Gasteiger partial charge in [-0.3, -0.25) is 0 Å². The number of esters is 2. The molecule has 150 valence electrons. The van der Waals surface area contributed by atoms with Crippen LogP contribution >= 0.6 is 0 Å². The minimum atomic E-state index is -4.62. The molecule has 0 unspecified atom stereocenters. The van der Waals surface area contributed by atoms with Gasteiger partial charge in [-0.15, -0.1) is 0 Å². The van der Waals surface area contributed by atoms with Crippen molar-refractivity contribution >= 4 is 17.6 Å². The Kier molecular flexibility index (Phi) is 6.50. The summed E-state index contributed by atoms with van der Waals surface area (Å²) in [6.45, 7) is 1.84. The highest BCUT2D eigenvalue weighted by Crippen LogP contribution is 2.39. The van der Waals surface area contributed by atoms with Crippen LogP contribution in [0.25, 0.3) is 0 Å². The summed E-state index contributed by atoms with van der Waals surface area (Å²) >= 11 is 0. The van der Waals surface area contributed by atoms with Crippen LogP contribution in [0.3, 0.4) is 0 Å². The second-order valence-electron chi connectivity index (χ2n) is 5.43. The standard InChI is InChI=1S/C19H18F3NO5/c1-4-28-15-9-8-12(19(20,21)22)11-14(15)23-10-6-5-7-13(17(24)26-2)16(23)18(25)27-3/h5-11H,4H2,1-3H3. The van der Waals surface area contributed by atoms with Crippen molar-refractivity contribution in [2.24, 2.45) is 0 Å². The lowest BCUT2D eigenvalue weighted by atomic mass is 10.1. The normalized spacial score (nSPS) is 14.0. The second-order valence-corrected chi connectivity index (χ2v) is 5.43. The fraction of sp³-hybridized carbons (Fsp3) is 0.263. The summed E-state index contributed by atoms with van der Waals surface area (Å²) in [4.78, 5) is 25.7. The third-order valence-electron chi connectivity index (χ3n) is 3.73. The van der Waals surface area contributed by atoms with E-state index in [0.29, 0.717) is 0 Å². The highest BCUT2D eigenvalue weighted by molar-refractivity contribution is 6.05. The fourth-order valence-electron chi connectivity index (χ4n) is 2.51. The molecule has 1 aliphatic rings. The van der Waals surface area contributed by atoms with Crippen molar-refractivity contribution in [3.05, 3.63) is 59.5 Å². The maximum absolute atomic E-state index is 13.2. The molecule has 0 radical (unpaired) electrons. The molecular weight excluding hydrogens is 379 g/mol. The van der Waals surface area contributed by atoms with E-state index in [-0.39, 0.29) is 29.3 Å². The summed E-state index contributed by atoms with van der Waals surface area (Å²) in [7, 11) is 2.22. The van der Waals surface area contributed by atoms with Gasteiger partial charge in [0, 0.05) is 6.20 Å². The average Bonchev–Trinajstić information content (AvgIpc) is 2.89. The minimum absolute atomic E-state index is 0.0848. The van der Waals surface area contributed by atoms with Crippen LogP contribution in [0.2, 0.25) is 0 Å². The smallest absolute Gasteiger partial charge is 0.416 e. The van der Waals surface area contributed by atoms with Crippen LogP contribution in [-0.2, 0) is 25.2 Å². The summed E-state index contributed by atoms with van der Waals surface area (Å²) < 4.78 is 54.6. The maximum atomic E-state index is 13.2. The second kappa shape index (κ2) is 8.64. The van der Waals surface area contributed by atoms with E-state index < -0.39 is 23.7 Å². The van der Waals surface area contributed by atoms with E-state index >= 15 is 0 Å². The molecule has 0 atom stereocenters. The first-order valence-corrected chi connectivity index (χ1v) is 8.13. The molecule has 0 fully saturated rings. The molecule has 9 heteroatoms. The topological polar surface area (TPSA) is 65.1 Å². The van der Waals surface area contributed by atoms with Crippen molar-refractivity contribution in [1.82, 2.24) is 0 Å². The molecule has 6 nitrogen and oxygen atoms in total. The quantitative estimate of drug-likeness (QED) is 0.708. The van der Waals surface area contributed by atoms with Gasteiger partial charge < -0.3 is 19.1 Å². The van der Waals surface area contributed by atoms with E-state index in [9.17, 15) is 22.8 Å². The number of carbonyl (C=O) groups excluding carboxylic acids is 2. The van der Waals surface area contributed by atoms with E-state index in [2.05, 4.69) is 4.74 Å². The lowest BCUT2D eigenvalue weighted by Crippen LogP contribution is -2.27. The van der Waals surface area contributed by atoms with Gasteiger partial charge in [-0.1, -0.05) is 6.08 Å². The SMILES string of the molecule is CCOc1ccc(C(F)(F)F)cc1N1C=CC=CC(C(=O)OC)=C1C(=O)OC. The first kappa shape index (κ1) is 21.1. The molecule has 0 bridgehead atoms. The summed E-state index contributed by atoms with van der Waals surface area (Å²) in [6.07, 6.45) is 0.922. The molecule has 0 saturated heterocycles. The molecule has 0 aliphatic carbocycles. The van der Waals surface area contributed by atoms with Gasteiger partial charge in [-0.25, -0.2) is 9.59 Å². The molecule has 0 saturated carbocycles. The molecule has 0 aromatic heterocycles. The van der Waals surface area contributed by atoms with E-state index in [1.165, 1.54) is 24.4 Å². The number of halogens is 3. The van der Waals surface area contributed by atoms with Crippen LogP contribution in [0.5, 0.6) is 5.75 Å². The third-order valence-corrected chi connectivity index (χ3v) is 3.73. The summed E-state index contributed by atoms with van der Waals surface area (Å²) in [5.74, 6) is -1.69. The summed E-state index contributed by atoms with van der Waals surface area (Å²) in [5.41, 5.74) is -1.52. The van der Waals surface area contributed by atoms with Crippen LogP contribution < -0.4 is 9.64 Å². The van der Waals surface area contributed by atoms with E-state index in [1.807, 2.05) is 0 Å². The monoisotopic (exact) mass is 397 g/mol. The van der Waals surface area contributed by atoms with E-state index in [0.717, 1.165) is 37.3 Å². The Morgan fingerprint density at radius 1 is 1.07 bits per heavy atom. The lowest BCUT2D eigenvalue weighted by molar-refractivity contribution is -0.139. The van der Waals surface area contributed by atoms with Crippen molar-refractivity contribution in [3.8, 4) is 5.75 Å². The predicted octanol–water partition coefficient (Wildman–Crippen LogP) is 3.59. The van der Waals surface area contributed by atoms with Gasteiger partial charge in [0.25, 0.3) is 0 Å². The van der Waals surface area contributed by atoms with E-state index in [4.69, 9.17) is 9.47 Å². The molecule has 1 heterocycles. The van der Waals surface area contributed by atoms with Gasteiger partial charge in [0.05, 0.1) is 37.7 Å². The number of nitrogens with zero attached hydrogens (tertiary/aromatic N) is 1. The Morgan fingerprint density at radius 2 is 1.75 bits per heavy atom. The first-order valence-electron chi connectivity index (χ1n) is 8.13. The number of benzene rings is 1. The number of anilines is 1. The number of carbonyl (C=O) groups is 2. The molecule has 28 heavy (non-hydrogen) atoms. The van der Waals surface area contributed by atoms with Gasteiger partial charge in [-0.2, -0.15) is 13.2 Å². The Labute approximate surface area is 159 Å². The molecule has 1 aliphatic heterocycles. The zero-order valence-electron chi connectivity index (χ0n) is 15.4. The third kappa shape index (κ3) is 4.36. The Hall–Kier alpha value is -3.23. The number of hydrogen-bond acceptors (Lipinski definition) is 6. The van der Waals surface area contributed by atoms with Crippen LogP contribution in [0.1, 0.15) is 12.5 Å². The fourth-order valence-corrected chi connectivity index (χ4v) is 2.51. The van der Waals surface area contributed by atoms with Gasteiger partial charge in [-0.05, 0) is 37.3 Å². The number of methoxy groups -OCH3 is 2. The molecular formula is C19H18F3NO5. The molecule has 2 rings (SSSR count). The summed E-state index contributed by atoms with van der Waals surface area (Å²) in [6, 6.07) is 2.86. The number of allylic oxidation sites excluding steroid dienone is 2. The largest absolute Gasteiger partial charge is 0.492 e. The van der Waals surface area contributed by atoms with E-state index in [1.54, 1.807) is 6.92 Å². The zero-order valence-corrected chi connectivity index (χ0v) is 15.4. The van der Waals surface area contributed by atoms with Crippen LogP contribution in [0.4, 0.5) is 18.9 Å². The van der Waals surface area contributed by atoms with Gasteiger partial charge >= 0.3 is 18.1 Å². The van der Waals surface area contributed by atoms with Gasteiger partial charge in [0.1, 0.15) is 11.4 Å². The zero-order chi connectivity index (χ0) is 20.9. The highest BCUT2D eigenvalue weighted by Gasteiger charge is 2.34. The lowest BCUT2D eigenvalue weighted by Gasteiger charge is -2.26. The van der Waals surface area contributed by atoms with Crippen molar-refractivity contribution in [2.45, 2.75) is 13.1 Å². The Morgan fingerprint density at radius 3 is 2.32 bits per heavy atom. The Balaban J connectivity index is 2.78. The van der Waals surface area contributed by atoms with Crippen molar-refractivity contribution in [2.75, 3.05) is 25.7 Å². The van der Waals surface area contributed by atoms with Gasteiger partial charge in [0.2, 0.25) is 0 Å². The van der Waals surface area contributed by atoms with Crippen molar-refractivity contribution in [3.63, 3.8) is 0 Å². The van der Waals surface area contributed by atoms with Crippen LogP contribution in [-0.4, -0.2) is 32.8 Å². The average molecular weight is 397 g/mol. The van der Waals surface area contributed by atoms with Crippen molar-refractivity contribution < 1.29 is 37.0 Å². The maximum Gasteiger partial charge on any atom is 0.416 e. The van der Waals surface area contributed by atoms with Crippen LogP contribution in [0, 0.1) is 0 Å². The highest BCUT2D eigenvalue weighted by atomic mass is 19.4. The number of rotatable bonds is 5. The number of hydrogen-bond donors (Lipinski definition) is 0.